The molecule has 3 heterocycles. The molecule has 4 fully saturated rings. The molecule has 2 amide bonds. The van der Waals surface area contributed by atoms with Crippen LogP contribution in [-0.4, -0.2) is 207 Å². The van der Waals surface area contributed by atoms with E-state index in [1.165, 1.54) is 54.5 Å². The van der Waals surface area contributed by atoms with Gasteiger partial charge < -0.3 is 103 Å². The Labute approximate surface area is 587 Å². The molecule has 550 valence electrons. The minimum absolute atomic E-state index is 0. The molecule has 0 spiro atoms. The van der Waals surface area contributed by atoms with Gasteiger partial charge in [0.2, 0.25) is 18.1 Å². The minimum Gasteiger partial charge on any atom is -0.507 e. The van der Waals surface area contributed by atoms with E-state index in [-0.39, 0.29) is 95.1 Å². The number of nitrogen functional groups attached to an aromatic ring is 1. The lowest BCUT2D eigenvalue weighted by Gasteiger charge is -2.62. The number of carboxylic acid groups (broad SMARTS) is 2. The van der Waals surface area contributed by atoms with Crippen LogP contribution in [0.2, 0.25) is 0 Å². The topological polar surface area (TPSA) is 521 Å². The number of nitrogens with one attached hydrogen (secondary N) is 4. The number of ether oxygens (including phenoxy) is 3. The number of phenols is 2. The first-order valence-corrected chi connectivity index (χ1v) is 32.7. The third kappa shape index (κ3) is 13.2. The van der Waals surface area contributed by atoms with Crippen molar-refractivity contribution in [3.05, 3.63) is 116 Å². The quantitative estimate of drug-likeness (QED) is 0.0464. The molecule has 3 aromatic carbocycles. The number of allylic oxidation sites excluding steroid dienone is 4. The Balaban J connectivity index is 0.000000179. The number of carboxylic acids is 2. The number of amides is 2. The summed E-state index contributed by atoms with van der Waals surface area (Å²) in [6.07, 6.45) is -0.784. The minimum atomic E-state index is -2.24. The number of aliphatic hydroxyl groups is 6. The summed E-state index contributed by atoms with van der Waals surface area (Å²) < 4.78 is 33.9. The second kappa shape index (κ2) is 29.3. The van der Waals surface area contributed by atoms with Gasteiger partial charge in [0.25, 0.3) is 5.91 Å². The number of Topliss-reactive ketones (excluding diaryl/α,β-unsaturated/α-hetero) is 2. The van der Waals surface area contributed by atoms with Crippen LogP contribution < -0.4 is 42.6 Å². The number of nitrogens with zero attached hydrogens (tertiary/aromatic N) is 2. The highest BCUT2D eigenvalue weighted by Gasteiger charge is 2.75. The van der Waals surface area contributed by atoms with Crippen LogP contribution in [0.15, 0.2) is 71.1 Å². The zero-order valence-electron chi connectivity index (χ0n) is 56.0. The van der Waals surface area contributed by atoms with E-state index in [4.69, 9.17) is 30.8 Å². The van der Waals surface area contributed by atoms with Crippen molar-refractivity contribution in [3.8, 4) is 17.2 Å². The van der Waals surface area contributed by atoms with Gasteiger partial charge in [-0.2, -0.15) is 4.98 Å². The van der Waals surface area contributed by atoms with Crippen molar-refractivity contribution in [2.75, 3.05) is 54.7 Å². The zero-order valence-corrected chi connectivity index (χ0v) is 56.8. The number of anilines is 4. The van der Waals surface area contributed by atoms with Crippen LogP contribution in [0.3, 0.4) is 0 Å². The molecular formula is C69H82ClFN8O23. The summed E-state index contributed by atoms with van der Waals surface area (Å²) in [5.74, 6) is -8.80. The molecule has 0 bridgehead atoms. The number of benzene rings is 3. The van der Waals surface area contributed by atoms with Crippen molar-refractivity contribution in [3.63, 3.8) is 0 Å². The summed E-state index contributed by atoms with van der Waals surface area (Å²) in [4.78, 5) is 130. The number of halogens is 2. The molecule has 102 heavy (non-hydrogen) atoms. The van der Waals surface area contributed by atoms with Crippen molar-refractivity contribution >= 4 is 88.7 Å². The molecule has 1 unspecified atom stereocenters. The molecule has 4 aromatic rings. The highest BCUT2D eigenvalue weighted by molar-refractivity contribution is 6.31. The number of H-pyrrole nitrogens is 1. The summed E-state index contributed by atoms with van der Waals surface area (Å²) in [7, 11) is 1.32. The van der Waals surface area contributed by atoms with E-state index < -0.39 is 190 Å². The maximum absolute atomic E-state index is 16.9. The monoisotopic (exact) mass is 1440 g/mol. The number of carbonyl (C=O) groups excluding carboxylic acids is 7. The number of aromatic hydroxyl groups is 2. The number of hydrogen-bond acceptors (Lipinski definition) is 26. The fraction of sp³-hybridized carbons (Fsp3) is 0.493. The Morgan fingerprint density at radius 3 is 2.23 bits per heavy atom. The number of aliphatic hydroxyl groups excluding tert-OH is 4. The molecule has 1 aromatic heterocycles. The molecule has 33 heteroatoms. The second-order valence-electron chi connectivity index (χ2n) is 27.4. The number of fused-ring (bicyclic) bond motifs is 9. The number of methoxy groups -OCH3 is 1. The van der Waals surface area contributed by atoms with Gasteiger partial charge in [-0.15, -0.1) is 12.4 Å². The molecule has 16 atom stereocenters. The molecule has 0 radical (unpaired) electrons. The smallest absolute Gasteiger partial charge is 0.326 e. The number of rotatable bonds is 17. The Morgan fingerprint density at radius 2 is 1.60 bits per heavy atom. The number of aromatic nitrogens is 2. The van der Waals surface area contributed by atoms with Gasteiger partial charge in [0.05, 0.1) is 54.3 Å². The number of phenolic OH excluding ortho intramolecular Hbond substituents is 2. The first kappa shape index (κ1) is 77.1. The molecule has 31 nitrogen and oxygen atoms in total. The zero-order chi connectivity index (χ0) is 73.9. The first-order valence-electron chi connectivity index (χ1n) is 32.7. The predicted molar refractivity (Wildman–Crippen MR) is 360 cm³/mol. The third-order valence-electron chi connectivity index (χ3n) is 21.7. The number of hydrogen-bond donors (Lipinski definition) is 16. The largest absolute Gasteiger partial charge is 0.507 e. The predicted octanol–water partition coefficient (Wildman–Crippen LogP) is 1.59. The van der Waals surface area contributed by atoms with Crippen molar-refractivity contribution in [1.29, 1.82) is 0 Å². The second-order valence-corrected chi connectivity index (χ2v) is 27.4. The molecule has 8 aliphatic rings. The fourth-order valence-electron chi connectivity index (χ4n) is 16.4. The van der Waals surface area contributed by atoms with E-state index in [1.54, 1.807) is 45.9 Å². The van der Waals surface area contributed by atoms with Crippen molar-refractivity contribution < 1.29 is 113 Å². The van der Waals surface area contributed by atoms with Gasteiger partial charge in [-0.05, 0) is 100 Å². The lowest BCUT2D eigenvalue weighted by molar-refractivity contribution is -0.247. The molecule has 1 saturated heterocycles. The first-order chi connectivity index (χ1) is 47.6. The maximum Gasteiger partial charge on any atom is 0.326 e. The van der Waals surface area contributed by atoms with Crippen LogP contribution in [0.5, 0.6) is 17.2 Å². The van der Waals surface area contributed by atoms with Gasteiger partial charge in [-0.25, -0.2) is 9.18 Å². The molecule has 12 rings (SSSR count). The lowest BCUT2D eigenvalue weighted by atomic mass is 9.44. The van der Waals surface area contributed by atoms with E-state index >= 15 is 4.39 Å². The third-order valence-corrected chi connectivity index (χ3v) is 21.7. The Hall–Kier alpha value is -9.09. The Bertz CT molecular complexity index is 4160. The van der Waals surface area contributed by atoms with E-state index in [2.05, 4.69) is 25.9 Å². The molecule has 18 N–H and O–H groups in total. The molecule has 6 aliphatic carbocycles. The fourth-order valence-corrected chi connectivity index (χ4v) is 16.4. The highest BCUT2D eigenvalue weighted by Crippen LogP contribution is 2.71. The SMILES string of the molecule is COc1cccc2c1C(=O)c1c(O)c3c(c(O)c1C2=O)C[C@@](O)(C(=O)CO)C[C@@H]3O[C@H]1C[C@H](N)[C@H](O)[C@H](C)O1.C[C@@H]1C[C@H]2[C@@H]3CCC4=CC(=O)C=C[C@]4(C)[C@@]3(F)[C@@H](O)C[C@]2(C)[C@@]1(O)C(=O)CO.Cl.Nc1nc(=O)c2c([nH]1)NCC(CNc1ccc(C(=O)N[C@@H](CCC(=O)O)C(=O)O)cc1)N2C=O. The number of alkyl halides is 1. The summed E-state index contributed by atoms with van der Waals surface area (Å²) in [5, 5.41) is 112. The van der Waals surface area contributed by atoms with Crippen molar-refractivity contribution in [2.45, 2.75) is 151 Å². The Kier molecular flexibility index (Phi) is 22.2. The van der Waals surface area contributed by atoms with E-state index in [1.807, 2.05) is 0 Å². The maximum atomic E-state index is 16.9. The van der Waals surface area contributed by atoms with Gasteiger partial charge >= 0.3 is 17.5 Å². The average molecular weight is 1450 g/mol. The number of nitrogens with two attached hydrogens (primary N) is 2. The molecule has 2 aliphatic heterocycles. The standard InChI is InChI=1S/C27H29NO11.C22H29FO5.C20H23N7O7.ClH/c1-10-22(31)13(28)6-17(38-10)39-15-8-27(36,16(30)9-29)7-12-19(15)26(35)21-20(24(12)33)23(32)11-4-3-5-14(37-2)18(11)25(21)34;1-12-8-16-15-5-4-13-9-14(25)6-7-19(13,2)21(15,23)17(26)10-20(16,3)22(12,28)18(27)11-24;21-20-25-16-15(18(32)26-20)27(9-28)12(8-23-16)7-22-11-3-1-10(2-4-11)17(31)24-13(19(33)34)5-6-14(29)30;/h3-5,10,13,15,17,22,29,31,33,35-36H,6-9,28H2,1-2H3;6-7,9,12,15-17,24,26,28H,4-5,8,10-11H2,1-3H3;1-4,9,12-13,22H,5-8H2,(H,24,31)(H,29,30)(H,33,34)(H4,21,23,25,26,32);1H/t10-,13-,15-,17-,22+,27-;12-,15+,16+,17+,19+,20+,21+,22+;12?,13-;/m010./s1. The van der Waals surface area contributed by atoms with E-state index in [0.29, 0.717) is 49.3 Å². The van der Waals surface area contributed by atoms with Gasteiger partial charge in [0.15, 0.2) is 40.8 Å². The van der Waals surface area contributed by atoms with Crippen LogP contribution in [0.1, 0.15) is 138 Å². The van der Waals surface area contributed by atoms with Crippen molar-refractivity contribution in [2.24, 2.45) is 34.3 Å². The van der Waals surface area contributed by atoms with E-state index in [0.717, 1.165) is 0 Å². The van der Waals surface area contributed by atoms with Crippen molar-refractivity contribution in [1.82, 2.24) is 15.3 Å². The highest BCUT2D eigenvalue weighted by atomic mass is 35.5. The van der Waals surface area contributed by atoms with Gasteiger partial charge in [0.1, 0.15) is 53.5 Å². The summed E-state index contributed by atoms with van der Waals surface area (Å²) in [6.45, 7) is 5.62. The van der Waals surface area contributed by atoms with Crippen LogP contribution in [-0.2, 0) is 44.7 Å². The van der Waals surface area contributed by atoms with Crippen LogP contribution >= 0.6 is 12.4 Å². The average Bonchev–Trinajstić information content (AvgIpc) is 1.41. The number of carbonyl (C=O) groups is 9. The summed E-state index contributed by atoms with van der Waals surface area (Å²) in [6, 6.07) is 8.00. The molecule has 3 saturated carbocycles. The summed E-state index contributed by atoms with van der Waals surface area (Å²) in [5.41, 5.74) is 2.95. The van der Waals surface area contributed by atoms with E-state index in [9.17, 15) is 93.9 Å². The number of aromatic amines is 1. The normalized spacial score (nSPS) is 31.0. The van der Waals surface area contributed by atoms with Crippen LogP contribution in [0.4, 0.5) is 27.5 Å². The van der Waals surface area contributed by atoms with Gasteiger partial charge in [-0.3, -0.25) is 43.2 Å². The van der Waals surface area contributed by atoms with Gasteiger partial charge in [-0.1, -0.05) is 37.6 Å². The Morgan fingerprint density at radius 1 is 0.922 bits per heavy atom. The molecular weight excluding hydrogens is 1360 g/mol. The van der Waals surface area contributed by atoms with Crippen LogP contribution in [0.25, 0.3) is 0 Å². The lowest BCUT2D eigenvalue weighted by Crippen LogP contribution is -2.69. The summed E-state index contributed by atoms with van der Waals surface area (Å²) >= 11 is 0. The number of ketones is 5. The van der Waals surface area contributed by atoms with Gasteiger partial charge in [0, 0.05) is 89.5 Å². The van der Waals surface area contributed by atoms with Crippen LogP contribution in [0, 0.1) is 28.6 Å². The number of aliphatic carboxylic acids is 2.